The van der Waals surface area contributed by atoms with Crippen molar-refractivity contribution >= 4 is 11.8 Å². The van der Waals surface area contributed by atoms with Gasteiger partial charge < -0.3 is 10.2 Å². The highest BCUT2D eigenvalue weighted by molar-refractivity contribution is 5.85. The minimum absolute atomic E-state index is 0.00575. The minimum atomic E-state index is -0.00575. The average molecular weight is 250 g/mol. The van der Waals surface area contributed by atoms with E-state index in [1.807, 2.05) is 0 Å². The summed E-state index contributed by atoms with van der Waals surface area (Å²) in [5.41, 5.74) is 0. The molecule has 100 valence electrons. The van der Waals surface area contributed by atoms with E-state index in [9.17, 15) is 9.59 Å². The number of hydrogen-bond acceptors (Lipinski definition) is 2. The van der Waals surface area contributed by atoms with Gasteiger partial charge in [-0.2, -0.15) is 0 Å². The van der Waals surface area contributed by atoms with Crippen molar-refractivity contribution in [2.24, 2.45) is 17.8 Å². The van der Waals surface area contributed by atoms with Gasteiger partial charge in [0.15, 0.2) is 0 Å². The molecule has 18 heavy (non-hydrogen) atoms. The second-order valence-electron chi connectivity index (χ2n) is 6.16. The Balaban J connectivity index is 1.55. The van der Waals surface area contributed by atoms with Crippen LogP contribution in [0.2, 0.25) is 0 Å². The summed E-state index contributed by atoms with van der Waals surface area (Å²) in [7, 11) is 0. The summed E-state index contributed by atoms with van der Waals surface area (Å²) >= 11 is 0. The normalized spacial score (nSPS) is 35.4. The zero-order chi connectivity index (χ0) is 12.5. The molecule has 0 aromatic carbocycles. The van der Waals surface area contributed by atoms with Crippen LogP contribution < -0.4 is 5.32 Å². The molecule has 0 aromatic heterocycles. The van der Waals surface area contributed by atoms with Crippen molar-refractivity contribution in [2.75, 3.05) is 19.6 Å². The lowest BCUT2D eigenvalue weighted by molar-refractivity contribution is -0.136. The third-order valence-electron chi connectivity index (χ3n) is 4.94. The summed E-state index contributed by atoms with van der Waals surface area (Å²) in [6, 6.07) is 0. The molecule has 2 saturated carbocycles. The lowest BCUT2D eigenvalue weighted by Crippen LogP contribution is -2.38. The maximum absolute atomic E-state index is 12.3. The number of hydrogen-bond donors (Lipinski definition) is 1. The van der Waals surface area contributed by atoms with Crippen LogP contribution >= 0.6 is 0 Å². The molecule has 3 aliphatic rings. The maximum atomic E-state index is 12.3. The van der Waals surface area contributed by atoms with Gasteiger partial charge in [-0.3, -0.25) is 9.59 Å². The Kier molecular flexibility index (Phi) is 3.27. The van der Waals surface area contributed by atoms with Crippen molar-refractivity contribution in [3.05, 3.63) is 0 Å². The topological polar surface area (TPSA) is 49.4 Å². The SMILES string of the molecule is O=C1CN(C(=O)CC2CC3CCC2C3)CCCN1. The lowest BCUT2D eigenvalue weighted by Gasteiger charge is -2.25. The Labute approximate surface area is 108 Å². The molecule has 3 unspecified atom stereocenters. The maximum Gasteiger partial charge on any atom is 0.239 e. The van der Waals surface area contributed by atoms with Gasteiger partial charge in [-0.15, -0.1) is 0 Å². The first-order valence-electron chi connectivity index (χ1n) is 7.27. The molecule has 1 N–H and O–H groups in total. The summed E-state index contributed by atoms with van der Waals surface area (Å²) in [6.07, 6.45) is 6.85. The molecule has 0 aromatic rings. The van der Waals surface area contributed by atoms with Crippen molar-refractivity contribution in [1.29, 1.82) is 0 Å². The van der Waals surface area contributed by atoms with Crippen LogP contribution in [0.3, 0.4) is 0 Å². The summed E-state index contributed by atoms with van der Waals surface area (Å²) in [5, 5.41) is 2.82. The van der Waals surface area contributed by atoms with E-state index < -0.39 is 0 Å². The van der Waals surface area contributed by atoms with Gasteiger partial charge in [-0.1, -0.05) is 6.42 Å². The predicted octanol–water partition coefficient (Wildman–Crippen LogP) is 1.16. The summed E-state index contributed by atoms with van der Waals surface area (Å²) in [4.78, 5) is 25.5. The molecule has 4 nitrogen and oxygen atoms in total. The van der Waals surface area contributed by atoms with E-state index in [1.54, 1.807) is 4.90 Å². The molecule has 2 aliphatic carbocycles. The van der Waals surface area contributed by atoms with Crippen LogP contribution in [0.25, 0.3) is 0 Å². The van der Waals surface area contributed by atoms with Gasteiger partial charge in [0.05, 0.1) is 6.54 Å². The fourth-order valence-corrected chi connectivity index (χ4v) is 4.00. The van der Waals surface area contributed by atoms with E-state index in [0.717, 1.165) is 24.8 Å². The van der Waals surface area contributed by atoms with Gasteiger partial charge in [0, 0.05) is 19.5 Å². The molecule has 3 fully saturated rings. The van der Waals surface area contributed by atoms with Crippen LogP contribution in [0.15, 0.2) is 0 Å². The molecule has 1 aliphatic heterocycles. The highest BCUT2D eigenvalue weighted by atomic mass is 16.2. The second-order valence-corrected chi connectivity index (χ2v) is 6.16. The van der Waals surface area contributed by atoms with Gasteiger partial charge in [0.2, 0.25) is 11.8 Å². The number of nitrogens with one attached hydrogen (secondary N) is 1. The quantitative estimate of drug-likeness (QED) is 0.799. The average Bonchev–Trinajstić information content (AvgIpc) is 2.88. The molecule has 0 spiro atoms. The first-order chi connectivity index (χ1) is 8.72. The Morgan fingerprint density at radius 2 is 2.22 bits per heavy atom. The van der Waals surface area contributed by atoms with E-state index >= 15 is 0 Å². The zero-order valence-electron chi connectivity index (χ0n) is 10.9. The molecule has 3 atom stereocenters. The molecular weight excluding hydrogens is 228 g/mol. The fourth-order valence-electron chi connectivity index (χ4n) is 4.00. The van der Waals surface area contributed by atoms with E-state index in [-0.39, 0.29) is 18.4 Å². The third kappa shape index (κ3) is 2.38. The van der Waals surface area contributed by atoms with Crippen LogP contribution in [-0.4, -0.2) is 36.3 Å². The molecule has 0 radical (unpaired) electrons. The van der Waals surface area contributed by atoms with Crippen LogP contribution in [0.1, 0.15) is 38.5 Å². The van der Waals surface area contributed by atoms with Gasteiger partial charge in [0.1, 0.15) is 0 Å². The molecule has 4 heteroatoms. The van der Waals surface area contributed by atoms with Gasteiger partial charge >= 0.3 is 0 Å². The molecular formula is C14H22N2O2. The Morgan fingerprint density at radius 1 is 1.33 bits per heavy atom. The Hall–Kier alpha value is -1.06. The third-order valence-corrected chi connectivity index (χ3v) is 4.94. The first-order valence-corrected chi connectivity index (χ1v) is 7.27. The number of fused-ring (bicyclic) bond motifs is 2. The van der Waals surface area contributed by atoms with E-state index in [2.05, 4.69) is 5.32 Å². The summed E-state index contributed by atoms with van der Waals surface area (Å²) in [5.74, 6) is 2.47. The van der Waals surface area contributed by atoms with Crippen molar-refractivity contribution in [3.63, 3.8) is 0 Å². The molecule has 2 amide bonds. The number of carbonyl (C=O) groups excluding carboxylic acids is 2. The second kappa shape index (κ2) is 4.90. The number of carbonyl (C=O) groups is 2. The van der Waals surface area contributed by atoms with Gasteiger partial charge in [-0.05, 0) is 43.4 Å². The number of nitrogens with zero attached hydrogens (tertiary/aromatic N) is 1. The van der Waals surface area contributed by atoms with E-state index in [1.165, 1.54) is 25.7 Å². The molecule has 1 saturated heterocycles. The van der Waals surface area contributed by atoms with Crippen molar-refractivity contribution in [2.45, 2.75) is 38.5 Å². The van der Waals surface area contributed by atoms with E-state index in [0.29, 0.717) is 18.9 Å². The molecule has 2 bridgehead atoms. The van der Waals surface area contributed by atoms with Crippen molar-refractivity contribution < 1.29 is 9.59 Å². The van der Waals surface area contributed by atoms with Crippen LogP contribution in [0.5, 0.6) is 0 Å². The number of rotatable bonds is 2. The largest absolute Gasteiger partial charge is 0.354 e. The van der Waals surface area contributed by atoms with Gasteiger partial charge in [0.25, 0.3) is 0 Å². The predicted molar refractivity (Wildman–Crippen MR) is 67.8 cm³/mol. The van der Waals surface area contributed by atoms with Crippen LogP contribution in [0, 0.1) is 17.8 Å². The molecule has 1 heterocycles. The van der Waals surface area contributed by atoms with Crippen LogP contribution in [-0.2, 0) is 9.59 Å². The first kappa shape index (κ1) is 12.0. The van der Waals surface area contributed by atoms with E-state index in [4.69, 9.17) is 0 Å². The van der Waals surface area contributed by atoms with Crippen LogP contribution in [0.4, 0.5) is 0 Å². The zero-order valence-corrected chi connectivity index (χ0v) is 10.9. The number of amides is 2. The smallest absolute Gasteiger partial charge is 0.239 e. The Morgan fingerprint density at radius 3 is 2.94 bits per heavy atom. The highest BCUT2D eigenvalue weighted by Gasteiger charge is 2.40. The fraction of sp³-hybridized carbons (Fsp3) is 0.857. The van der Waals surface area contributed by atoms with Crippen molar-refractivity contribution in [3.8, 4) is 0 Å². The minimum Gasteiger partial charge on any atom is -0.354 e. The Bertz CT molecular complexity index is 356. The lowest BCUT2D eigenvalue weighted by atomic mass is 9.86. The molecule has 3 rings (SSSR count). The van der Waals surface area contributed by atoms with Gasteiger partial charge in [-0.25, -0.2) is 0 Å². The standard InChI is InChI=1S/C14H22N2O2/c17-13-9-16(5-1-4-15-13)14(18)8-12-7-10-2-3-11(12)6-10/h10-12H,1-9H2,(H,15,17). The van der Waals surface area contributed by atoms with Crippen molar-refractivity contribution in [1.82, 2.24) is 10.2 Å². The monoisotopic (exact) mass is 250 g/mol. The summed E-state index contributed by atoms with van der Waals surface area (Å²) in [6.45, 7) is 1.70. The highest BCUT2D eigenvalue weighted by Crippen LogP contribution is 2.49. The summed E-state index contributed by atoms with van der Waals surface area (Å²) < 4.78 is 0.